The van der Waals surface area contributed by atoms with Crippen LogP contribution in [0.4, 0.5) is 0 Å². The number of halogens is 1. The monoisotopic (exact) mass is 313 g/mol. The maximum atomic E-state index is 10.8. The molecule has 1 aromatic carbocycles. The number of ether oxygens (including phenoxy) is 2. The Morgan fingerprint density at radius 2 is 2.22 bits per heavy atom. The van der Waals surface area contributed by atoms with E-state index in [1.165, 1.54) is 6.21 Å². The number of hydrazone groups is 1. The number of hydrogen-bond acceptors (Lipinski definition) is 5. The van der Waals surface area contributed by atoms with Crippen LogP contribution in [-0.4, -0.2) is 24.8 Å². The van der Waals surface area contributed by atoms with Gasteiger partial charge in [-0.1, -0.05) is 0 Å². The fraction of sp³-hybridized carbons (Fsp3) is 0.100. The smallest absolute Gasteiger partial charge is 0.329 e. The lowest BCUT2D eigenvalue weighted by molar-refractivity contribution is -0.137. The molecule has 18 heavy (non-hydrogen) atoms. The fourth-order valence-corrected chi connectivity index (χ4v) is 1.86. The van der Waals surface area contributed by atoms with Crippen molar-refractivity contribution in [2.45, 2.75) is 0 Å². The van der Waals surface area contributed by atoms with E-state index in [0.717, 1.165) is 0 Å². The maximum absolute atomic E-state index is 10.8. The third-order valence-corrected chi connectivity index (χ3v) is 2.64. The largest absolute Gasteiger partial charge is 0.454 e. The predicted octanol–water partition coefficient (Wildman–Crippen LogP) is 0.113. The SMILES string of the molecule is NC(=O)C(=O)N/N=C\c1cc(Br)c2c(c1)OCO2. The molecule has 1 aromatic rings. The molecule has 0 radical (unpaired) electrons. The molecule has 0 saturated carbocycles. The summed E-state index contributed by atoms with van der Waals surface area (Å²) in [6.07, 6.45) is 1.35. The number of carbonyl (C=O) groups is 2. The van der Waals surface area contributed by atoms with E-state index in [0.29, 0.717) is 21.5 Å². The van der Waals surface area contributed by atoms with Gasteiger partial charge in [0.2, 0.25) is 6.79 Å². The van der Waals surface area contributed by atoms with Gasteiger partial charge >= 0.3 is 11.8 Å². The van der Waals surface area contributed by atoms with Gasteiger partial charge < -0.3 is 15.2 Å². The molecule has 7 nitrogen and oxygen atoms in total. The first kappa shape index (κ1) is 12.4. The number of fused-ring (bicyclic) bond motifs is 1. The van der Waals surface area contributed by atoms with Crippen molar-refractivity contribution in [2.24, 2.45) is 10.8 Å². The molecule has 0 spiro atoms. The molecular weight excluding hydrogens is 306 g/mol. The highest BCUT2D eigenvalue weighted by molar-refractivity contribution is 9.10. The van der Waals surface area contributed by atoms with Crippen LogP contribution < -0.4 is 20.6 Å². The van der Waals surface area contributed by atoms with E-state index < -0.39 is 11.8 Å². The molecule has 94 valence electrons. The number of hydrogen-bond donors (Lipinski definition) is 2. The van der Waals surface area contributed by atoms with Gasteiger partial charge in [0.25, 0.3) is 0 Å². The number of nitrogens with two attached hydrogens (primary N) is 1. The molecule has 1 heterocycles. The lowest BCUT2D eigenvalue weighted by atomic mass is 10.2. The third kappa shape index (κ3) is 2.59. The van der Waals surface area contributed by atoms with Crippen molar-refractivity contribution < 1.29 is 19.1 Å². The van der Waals surface area contributed by atoms with Crippen LogP contribution in [0.25, 0.3) is 0 Å². The summed E-state index contributed by atoms with van der Waals surface area (Å²) in [6.45, 7) is 0.160. The van der Waals surface area contributed by atoms with Crippen LogP contribution in [0.3, 0.4) is 0 Å². The number of nitrogens with zero attached hydrogens (tertiary/aromatic N) is 1. The topological polar surface area (TPSA) is 103 Å². The van der Waals surface area contributed by atoms with Gasteiger partial charge in [0.15, 0.2) is 11.5 Å². The number of amides is 2. The molecule has 0 bridgehead atoms. The quantitative estimate of drug-likeness (QED) is 0.459. The first-order valence-corrected chi connectivity index (χ1v) is 5.59. The van der Waals surface area contributed by atoms with E-state index >= 15 is 0 Å². The number of benzene rings is 1. The Hall–Kier alpha value is -2.09. The highest BCUT2D eigenvalue weighted by Crippen LogP contribution is 2.39. The number of nitrogens with one attached hydrogen (secondary N) is 1. The summed E-state index contributed by atoms with van der Waals surface area (Å²) in [5.41, 5.74) is 7.39. The molecule has 0 fully saturated rings. The summed E-state index contributed by atoms with van der Waals surface area (Å²) in [4.78, 5) is 21.3. The van der Waals surface area contributed by atoms with Gasteiger partial charge in [0, 0.05) is 0 Å². The molecule has 0 saturated heterocycles. The van der Waals surface area contributed by atoms with Crippen LogP contribution in [0, 0.1) is 0 Å². The maximum Gasteiger partial charge on any atom is 0.329 e. The second kappa shape index (κ2) is 5.05. The molecular formula is C10H8BrN3O4. The molecule has 2 rings (SSSR count). The van der Waals surface area contributed by atoms with Crippen molar-refractivity contribution in [3.05, 3.63) is 22.2 Å². The standard InChI is InChI=1S/C10H8BrN3O4/c11-6-1-5(2-7-8(6)18-4-17-7)3-13-14-10(16)9(12)15/h1-3H,4H2,(H2,12,15)(H,14,16)/b13-3-. The summed E-state index contributed by atoms with van der Waals surface area (Å²) in [5.74, 6) is -0.884. The van der Waals surface area contributed by atoms with Gasteiger partial charge in [-0.2, -0.15) is 5.10 Å². The zero-order valence-corrected chi connectivity index (χ0v) is 10.6. The highest BCUT2D eigenvalue weighted by Gasteiger charge is 2.17. The molecule has 0 aromatic heterocycles. The van der Waals surface area contributed by atoms with Crippen LogP contribution in [0.1, 0.15) is 5.56 Å². The van der Waals surface area contributed by atoms with E-state index in [-0.39, 0.29) is 6.79 Å². The van der Waals surface area contributed by atoms with Crippen molar-refractivity contribution >= 4 is 34.0 Å². The Bertz CT molecular complexity index is 544. The molecule has 0 atom stereocenters. The van der Waals surface area contributed by atoms with Crippen molar-refractivity contribution in [1.29, 1.82) is 0 Å². The summed E-state index contributed by atoms with van der Waals surface area (Å²) in [7, 11) is 0. The first-order valence-electron chi connectivity index (χ1n) is 4.80. The van der Waals surface area contributed by atoms with Crippen LogP contribution in [0.2, 0.25) is 0 Å². The van der Waals surface area contributed by atoms with E-state index in [2.05, 4.69) is 21.0 Å². The molecule has 0 unspecified atom stereocenters. The van der Waals surface area contributed by atoms with Crippen molar-refractivity contribution in [3.8, 4) is 11.5 Å². The molecule has 1 aliphatic rings. The van der Waals surface area contributed by atoms with Gasteiger partial charge in [-0.3, -0.25) is 9.59 Å². The van der Waals surface area contributed by atoms with Crippen LogP contribution >= 0.6 is 15.9 Å². The van der Waals surface area contributed by atoms with Gasteiger partial charge in [-0.05, 0) is 33.6 Å². The third-order valence-electron chi connectivity index (χ3n) is 2.05. The van der Waals surface area contributed by atoms with Gasteiger partial charge in [0.05, 0.1) is 10.7 Å². The first-order chi connectivity index (χ1) is 8.58. The molecule has 1 aliphatic heterocycles. The second-order valence-electron chi connectivity index (χ2n) is 3.30. The zero-order valence-electron chi connectivity index (χ0n) is 8.97. The van der Waals surface area contributed by atoms with Gasteiger partial charge in [-0.25, -0.2) is 5.43 Å². The van der Waals surface area contributed by atoms with E-state index in [9.17, 15) is 9.59 Å². The number of rotatable bonds is 2. The Balaban J connectivity index is 2.11. The molecule has 0 aliphatic carbocycles. The lowest BCUT2D eigenvalue weighted by Crippen LogP contribution is -2.32. The Kier molecular flexibility index (Phi) is 3.47. The number of primary amides is 1. The molecule has 3 N–H and O–H groups in total. The van der Waals surface area contributed by atoms with Crippen molar-refractivity contribution in [1.82, 2.24) is 5.43 Å². The average molecular weight is 314 g/mol. The van der Waals surface area contributed by atoms with Gasteiger partial charge in [-0.15, -0.1) is 0 Å². The Morgan fingerprint density at radius 3 is 2.94 bits per heavy atom. The average Bonchev–Trinajstić information content (AvgIpc) is 2.77. The zero-order chi connectivity index (χ0) is 13.1. The Labute approximate surface area is 110 Å². The van der Waals surface area contributed by atoms with Crippen molar-refractivity contribution in [3.63, 3.8) is 0 Å². The lowest BCUT2D eigenvalue weighted by Gasteiger charge is -2.01. The Morgan fingerprint density at radius 1 is 1.44 bits per heavy atom. The summed E-state index contributed by atoms with van der Waals surface area (Å²) >= 11 is 3.31. The summed E-state index contributed by atoms with van der Waals surface area (Å²) in [6, 6.07) is 3.42. The number of carbonyl (C=O) groups excluding carboxylic acids is 2. The van der Waals surface area contributed by atoms with E-state index in [1.807, 2.05) is 5.43 Å². The minimum atomic E-state index is -1.10. The summed E-state index contributed by atoms with van der Waals surface area (Å²) < 4.78 is 11.1. The van der Waals surface area contributed by atoms with E-state index in [1.54, 1.807) is 12.1 Å². The summed E-state index contributed by atoms with van der Waals surface area (Å²) in [5, 5.41) is 3.59. The predicted molar refractivity (Wildman–Crippen MR) is 65.2 cm³/mol. The van der Waals surface area contributed by atoms with E-state index in [4.69, 9.17) is 15.2 Å². The second-order valence-corrected chi connectivity index (χ2v) is 4.15. The highest BCUT2D eigenvalue weighted by atomic mass is 79.9. The van der Waals surface area contributed by atoms with Crippen LogP contribution in [-0.2, 0) is 9.59 Å². The fourth-order valence-electron chi connectivity index (χ4n) is 1.28. The molecule has 2 amide bonds. The minimum absolute atomic E-state index is 0.160. The normalized spacial score (nSPS) is 12.7. The van der Waals surface area contributed by atoms with Crippen LogP contribution in [0.15, 0.2) is 21.7 Å². The molecule has 8 heteroatoms. The minimum Gasteiger partial charge on any atom is -0.454 e. The van der Waals surface area contributed by atoms with Crippen molar-refractivity contribution in [2.75, 3.05) is 6.79 Å². The van der Waals surface area contributed by atoms with Crippen LogP contribution in [0.5, 0.6) is 11.5 Å². The van der Waals surface area contributed by atoms with Gasteiger partial charge in [0.1, 0.15) is 0 Å².